The summed E-state index contributed by atoms with van der Waals surface area (Å²) < 4.78 is 0. The van der Waals surface area contributed by atoms with Crippen LogP contribution in [-0.4, -0.2) is 22.6 Å². The second-order valence-corrected chi connectivity index (χ2v) is 6.87. The van der Waals surface area contributed by atoms with Crippen molar-refractivity contribution in [2.45, 2.75) is 90.2 Å². The highest BCUT2D eigenvalue weighted by Gasteiger charge is 2.18. The number of thioether (sulfide) groups is 1. The molecule has 0 rings (SSSR count). The van der Waals surface area contributed by atoms with Crippen molar-refractivity contribution in [1.29, 1.82) is 0 Å². The Labute approximate surface area is 129 Å². The highest BCUT2D eigenvalue weighted by Crippen LogP contribution is 2.17. The maximum atomic E-state index is 11.3. The molecule has 0 aromatic carbocycles. The van der Waals surface area contributed by atoms with Crippen molar-refractivity contribution in [3.63, 3.8) is 0 Å². The molecule has 118 valence electrons. The van der Waals surface area contributed by atoms with Crippen molar-refractivity contribution < 1.29 is 9.59 Å². The Bertz CT molecular complexity index is 250. The molecule has 0 aromatic heterocycles. The Morgan fingerprint density at radius 2 is 1.15 bits per heavy atom. The Morgan fingerprint density at radius 1 is 0.750 bits per heavy atom. The molecule has 0 saturated carbocycles. The number of unbranched alkanes of at least 4 members (excludes halogenated alkanes) is 9. The van der Waals surface area contributed by atoms with Crippen LogP contribution in [0, 0.1) is 0 Å². The maximum absolute atomic E-state index is 11.3. The van der Waals surface area contributed by atoms with E-state index < -0.39 is 5.25 Å². The fraction of sp³-hybridized carbons (Fsp3) is 0.882. The van der Waals surface area contributed by atoms with Crippen LogP contribution < -0.4 is 0 Å². The van der Waals surface area contributed by atoms with E-state index in [-0.39, 0.29) is 11.6 Å². The molecule has 0 amide bonds. The van der Waals surface area contributed by atoms with Crippen molar-refractivity contribution in [2.75, 3.05) is 5.75 Å². The topological polar surface area (TPSA) is 34.1 Å². The Hall–Kier alpha value is -0.310. The Balaban J connectivity index is 3.32. The summed E-state index contributed by atoms with van der Waals surface area (Å²) in [6.45, 7) is 5.27. The van der Waals surface area contributed by atoms with Gasteiger partial charge in [0.1, 0.15) is 16.8 Å². The lowest BCUT2D eigenvalue weighted by atomic mass is 10.1. The van der Waals surface area contributed by atoms with Crippen LogP contribution in [0.1, 0.15) is 85.0 Å². The van der Waals surface area contributed by atoms with E-state index in [1.54, 1.807) is 0 Å². The molecular formula is C17H32O2S. The van der Waals surface area contributed by atoms with Crippen LogP contribution in [0.5, 0.6) is 0 Å². The third kappa shape index (κ3) is 11.5. The monoisotopic (exact) mass is 300 g/mol. The number of Topliss-reactive ketones (excluding diaryl/α,β-unsaturated/α-hetero) is 2. The molecule has 0 aromatic rings. The Morgan fingerprint density at radius 3 is 1.55 bits per heavy atom. The summed E-state index contributed by atoms with van der Waals surface area (Å²) in [5, 5.41) is -0.423. The molecule has 0 heterocycles. The number of carbonyl (C=O) groups is 2. The van der Waals surface area contributed by atoms with Gasteiger partial charge in [-0.15, -0.1) is 11.8 Å². The van der Waals surface area contributed by atoms with Gasteiger partial charge in [0.15, 0.2) is 0 Å². The molecular weight excluding hydrogens is 268 g/mol. The van der Waals surface area contributed by atoms with E-state index in [9.17, 15) is 9.59 Å². The molecule has 0 radical (unpaired) electrons. The quantitative estimate of drug-likeness (QED) is 0.327. The molecule has 0 aliphatic carbocycles. The van der Waals surface area contributed by atoms with Crippen molar-refractivity contribution in [2.24, 2.45) is 0 Å². The van der Waals surface area contributed by atoms with E-state index in [4.69, 9.17) is 0 Å². The summed E-state index contributed by atoms with van der Waals surface area (Å²) in [7, 11) is 0. The average molecular weight is 301 g/mol. The van der Waals surface area contributed by atoms with Crippen molar-refractivity contribution >= 4 is 23.3 Å². The molecule has 0 saturated heterocycles. The van der Waals surface area contributed by atoms with Gasteiger partial charge in [0.2, 0.25) is 0 Å². The maximum Gasteiger partial charge on any atom is 0.150 e. The third-order valence-electron chi connectivity index (χ3n) is 3.52. The van der Waals surface area contributed by atoms with Crippen molar-refractivity contribution in [3.8, 4) is 0 Å². The highest BCUT2D eigenvalue weighted by atomic mass is 32.2. The SMILES string of the molecule is CCCCCCCCCCCCSC(C(C)=O)C(C)=O. The van der Waals surface area contributed by atoms with Gasteiger partial charge < -0.3 is 0 Å². The first-order valence-corrected chi connectivity index (χ1v) is 9.27. The standard InChI is InChI=1S/C17H32O2S/c1-4-5-6-7-8-9-10-11-12-13-14-20-17(15(2)18)16(3)19/h17H,4-14H2,1-3H3. The molecule has 3 heteroatoms. The van der Waals surface area contributed by atoms with Crippen LogP contribution in [0.15, 0.2) is 0 Å². The molecule has 0 N–H and O–H groups in total. The number of hydrogen-bond donors (Lipinski definition) is 0. The lowest BCUT2D eigenvalue weighted by molar-refractivity contribution is -0.123. The van der Waals surface area contributed by atoms with Gasteiger partial charge in [-0.05, 0) is 26.0 Å². The van der Waals surface area contributed by atoms with Crippen LogP contribution in [0.25, 0.3) is 0 Å². The minimum absolute atomic E-state index is 0.00502. The van der Waals surface area contributed by atoms with Gasteiger partial charge in [0.05, 0.1) is 0 Å². The van der Waals surface area contributed by atoms with Crippen molar-refractivity contribution in [3.05, 3.63) is 0 Å². The predicted molar refractivity (Wildman–Crippen MR) is 89.5 cm³/mol. The van der Waals surface area contributed by atoms with Crippen molar-refractivity contribution in [1.82, 2.24) is 0 Å². The molecule has 20 heavy (non-hydrogen) atoms. The smallest absolute Gasteiger partial charge is 0.150 e. The summed E-state index contributed by atoms with van der Waals surface area (Å²) >= 11 is 1.52. The van der Waals surface area contributed by atoms with E-state index in [0.717, 1.165) is 12.2 Å². The van der Waals surface area contributed by atoms with E-state index in [1.165, 1.54) is 83.4 Å². The summed E-state index contributed by atoms with van der Waals surface area (Å²) in [6.07, 6.45) is 13.2. The van der Waals surface area contributed by atoms with E-state index in [2.05, 4.69) is 6.92 Å². The van der Waals surface area contributed by atoms with Crippen LogP contribution >= 0.6 is 11.8 Å². The highest BCUT2D eigenvalue weighted by molar-refractivity contribution is 8.01. The summed E-state index contributed by atoms with van der Waals surface area (Å²) in [5.74, 6) is 0.921. The summed E-state index contributed by atoms with van der Waals surface area (Å²) in [6, 6.07) is 0. The van der Waals surface area contributed by atoms with Crippen LogP contribution in [-0.2, 0) is 9.59 Å². The Kier molecular flexibility index (Phi) is 13.5. The molecule has 0 fully saturated rings. The first kappa shape index (κ1) is 19.7. The fourth-order valence-corrected chi connectivity index (χ4v) is 3.39. The number of rotatable bonds is 14. The minimum Gasteiger partial charge on any atom is -0.298 e. The molecule has 0 bridgehead atoms. The fourth-order valence-electron chi connectivity index (χ4n) is 2.31. The lowest BCUT2D eigenvalue weighted by Gasteiger charge is -2.09. The number of hydrogen-bond acceptors (Lipinski definition) is 3. The van der Waals surface area contributed by atoms with E-state index >= 15 is 0 Å². The molecule has 0 aliphatic heterocycles. The minimum atomic E-state index is -0.423. The zero-order valence-electron chi connectivity index (χ0n) is 13.6. The molecule has 0 spiro atoms. The second kappa shape index (κ2) is 13.7. The van der Waals surface area contributed by atoms with Gasteiger partial charge in [-0.3, -0.25) is 9.59 Å². The first-order valence-electron chi connectivity index (χ1n) is 8.22. The van der Waals surface area contributed by atoms with Gasteiger partial charge >= 0.3 is 0 Å². The average Bonchev–Trinajstić information content (AvgIpc) is 2.39. The zero-order valence-corrected chi connectivity index (χ0v) is 14.4. The number of carbonyl (C=O) groups excluding carboxylic acids is 2. The zero-order chi connectivity index (χ0) is 15.2. The molecule has 0 unspecified atom stereocenters. The predicted octanol–water partition coefficient (Wildman–Crippen LogP) is 5.19. The number of ketones is 2. The third-order valence-corrected chi connectivity index (χ3v) is 5.04. The van der Waals surface area contributed by atoms with Crippen LogP contribution in [0.2, 0.25) is 0 Å². The normalized spacial score (nSPS) is 11.0. The largest absolute Gasteiger partial charge is 0.298 e. The van der Waals surface area contributed by atoms with Gasteiger partial charge in [-0.1, -0.05) is 64.7 Å². The van der Waals surface area contributed by atoms with Gasteiger partial charge in [0, 0.05) is 0 Å². The van der Waals surface area contributed by atoms with Gasteiger partial charge in [-0.25, -0.2) is 0 Å². The molecule has 0 aliphatic rings. The molecule has 0 atom stereocenters. The summed E-state index contributed by atoms with van der Waals surface area (Å²) in [5.41, 5.74) is 0. The lowest BCUT2D eigenvalue weighted by Crippen LogP contribution is -2.22. The van der Waals surface area contributed by atoms with Gasteiger partial charge in [0.25, 0.3) is 0 Å². The van der Waals surface area contributed by atoms with E-state index in [1.807, 2.05) is 0 Å². The second-order valence-electron chi connectivity index (χ2n) is 5.65. The van der Waals surface area contributed by atoms with Gasteiger partial charge in [-0.2, -0.15) is 0 Å². The summed E-state index contributed by atoms with van der Waals surface area (Å²) in [4.78, 5) is 22.5. The molecule has 2 nitrogen and oxygen atoms in total. The van der Waals surface area contributed by atoms with Crippen LogP contribution in [0.4, 0.5) is 0 Å². The first-order chi connectivity index (χ1) is 9.59. The van der Waals surface area contributed by atoms with Crippen LogP contribution in [0.3, 0.4) is 0 Å². The van der Waals surface area contributed by atoms with E-state index in [0.29, 0.717) is 0 Å².